The first-order chi connectivity index (χ1) is 10.0. The van der Waals surface area contributed by atoms with Crippen molar-refractivity contribution >= 4 is 27.5 Å². The van der Waals surface area contributed by atoms with Crippen LogP contribution in [0.25, 0.3) is 10.2 Å². The van der Waals surface area contributed by atoms with E-state index in [1.165, 1.54) is 11.8 Å². The first-order valence-electron chi connectivity index (χ1n) is 7.20. The lowest BCUT2D eigenvalue weighted by atomic mass is 10.0. The SMILES string of the molecule is COC(=O)C(CC(C)C)NC(C)c1nc2ccccc2s1. The predicted octanol–water partition coefficient (Wildman–Crippen LogP) is 3.53. The van der Waals surface area contributed by atoms with Gasteiger partial charge in [-0.05, 0) is 31.4 Å². The van der Waals surface area contributed by atoms with Gasteiger partial charge in [0.1, 0.15) is 11.0 Å². The summed E-state index contributed by atoms with van der Waals surface area (Å²) in [5, 5.41) is 4.34. The molecule has 2 unspecified atom stereocenters. The highest BCUT2D eigenvalue weighted by molar-refractivity contribution is 7.18. The lowest BCUT2D eigenvalue weighted by Gasteiger charge is -2.21. The van der Waals surface area contributed by atoms with Gasteiger partial charge >= 0.3 is 5.97 Å². The molecular formula is C16H22N2O2S. The van der Waals surface area contributed by atoms with Gasteiger partial charge in [0.2, 0.25) is 0 Å². The van der Waals surface area contributed by atoms with Gasteiger partial charge in [0.15, 0.2) is 0 Å². The molecule has 0 aliphatic heterocycles. The second-order valence-corrected chi connectivity index (χ2v) is 6.68. The Bertz CT molecular complexity index is 576. The molecule has 0 aliphatic carbocycles. The molecule has 1 aromatic heterocycles. The van der Waals surface area contributed by atoms with Crippen LogP contribution in [0, 0.1) is 5.92 Å². The van der Waals surface area contributed by atoms with E-state index in [4.69, 9.17) is 4.74 Å². The zero-order chi connectivity index (χ0) is 15.4. The molecule has 114 valence electrons. The number of carbonyl (C=O) groups is 1. The molecule has 0 saturated heterocycles. The molecule has 2 atom stereocenters. The quantitative estimate of drug-likeness (QED) is 0.829. The van der Waals surface area contributed by atoms with E-state index in [9.17, 15) is 4.79 Å². The maximum Gasteiger partial charge on any atom is 0.322 e. The highest BCUT2D eigenvalue weighted by Gasteiger charge is 2.24. The molecule has 0 fully saturated rings. The van der Waals surface area contributed by atoms with Crippen LogP contribution >= 0.6 is 11.3 Å². The van der Waals surface area contributed by atoms with Crippen molar-refractivity contribution in [3.05, 3.63) is 29.3 Å². The van der Waals surface area contributed by atoms with Gasteiger partial charge in [0, 0.05) is 0 Å². The van der Waals surface area contributed by atoms with Crippen molar-refractivity contribution in [2.45, 2.75) is 39.3 Å². The summed E-state index contributed by atoms with van der Waals surface area (Å²) >= 11 is 1.66. The molecule has 0 amide bonds. The number of nitrogens with one attached hydrogen (secondary N) is 1. The van der Waals surface area contributed by atoms with Gasteiger partial charge in [-0.1, -0.05) is 26.0 Å². The van der Waals surface area contributed by atoms with E-state index in [0.29, 0.717) is 5.92 Å². The number of methoxy groups -OCH3 is 1. The fraction of sp³-hybridized carbons (Fsp3) is 0.500. The maximum absolute atomic E-state index is 11.9. The first kappa shape index (κ1) is 15.9. The number of fused-ring (bicyclic) bond motifs is 1. The van der Waals surface area contributed by atoms with Crippen molar-refractivity contribution in [2.75, 3.05) is 7.11 Å². The van der Waals surface area contributed by atoms with Crippen molar-refractivity contribution in [1.29, 1.82) is 0 Å². The number of benzene rings is 1. The van der Waals surface area contributed by atoms with Crippen molar-refractivity contribution in [3.63, 3.8) is 0 Å². The van der Waals surface area contributed by atoms with Gasteiger partial charge in [0.25, 0.3) is 0 Å². The van der Waals surface area contributed by atoms with Gasteiger partial charge in [-0.3, -0.25) is 10.1 Å². The first-order valence-corrected chi connectivity index (χ1v) is 8.02. The zero-order valence-electron chi connectivity index (χ0n) is 12.9. The predicted molar refractivity (Wildman–Crippen MR) is 86.4 cm³/mol. The standard InChI is InChI=1S/C16H22N2O2S/c1-10(2)9-13(16(19)20-4)17-11(3)15-18-12-7-5-6-8-14(12)21-15/h5-8,10-11,13,17H,9H2,1-4H3. The Labute approximate surface area is 129 Å². The average molecular weight is 306 g/mol. The number of carbonyl (C=O) groups excluding carboxylic acids is 1. The summed E-state index contributed by atoms with van der Waals surface area (Å²) in [7, 11) is 1.43. The molecule has 2 rings (SSSR count). The van der Waals surface area contributed by atoms with Crippen LogP contribution in [0.4, 0.5) is 0 Å². The van der Waals surface area contributed by atoms with E-state index in [-0.39, 0.29) is 18.1 Å². The van der Waals surface area contributed by atoms with E-state index in [0.717, 1.165) is 16.9 Å². The summed E-state index contributed by atoms with van der Waals surface area (Å²) in [6.45, 7) is 6.23. The number of rotatable bonds is 6. The summed E-state index contributed by atoms with van der Waals surface area (Å²) < 4.78 is 6.06. The summed E-state index contributed by atoms with van der Waals surface area (Å²) in [6.07, 6.45) is 0.752. The van der Waals surface area contributed by atoms with E-state index in [1.807, 2.05) is 25.1 Å². The average Bonchev–Trinajstić information content (AvgIpc) is 2.89. The molecule has 0 bridgehead atoms. The Balaban J connectivity index is 2.13. The minimum Gasteiger partial charge on any atom is -0.468 e. The van der Waals surface area contributed by atoms with Crippen LogP contribution in [-0.4, -0.2) is 24.1 Å². The molecule has 1 aromatic carbocycles. The normalized spacial score (nSPS) is 14.3. The third kappa shape index (κ3) is 4.02. The van der Waals surface area contributed by atoms with E-state index in [2.05, 4.69) is 30.2 Å². The second kappa shape index (κ2) is 7.00. The van der Waals surface area contributed by atoms with Crippen molar-refractivity contribution in [2.24, 2.45) is 5.92 Å². The Morgan fingerprint density at radius 1 is 1.33 bits per heavy atom. The largest absolute Gasteiger partial charge is 0.468 e. The summed E-state index contributed by atoms with van der Waals surface area (Å²) in [5.74, 6) is 0.209. The number of esters is 1. The molecule has 0 radical (unpaired) electrons. The van der Waals surface area contributed by atoms with Crippen molar-refractivity contribution in [1.82, 2.24) is 10.3 Å². The van der Waals surface area contributed by atoms with Crippen LogP contribution in [0.2, 0.25) is 0 Å². The molecule has 2 aromatic rings. The highest BCUT2D eigenvalue weighted by Crippen LogP contribution is 2.26. The third-order valence-electron chi connectivity index (χ3n) is 3.32. The Kier molecular flexibility index (Phi) is 5.31. The Hall–Kier alpha value is -1.46. The van der Waals surface area contributed by atoms with Gasteiger partial charge in [0.05, 0.1) is 23.4 Å². The van der Waals surface area contributed by atoms with Crippen molar-refractivity contribution in [3.8, 4) is 0 Å². The molecule has 0 aliphatic rings. The Morgan fingerprint density at radius 2 is 2.05 bits per heavy atom. The molecular weight excluding hydrogens is 284 g/mol. The smallest absolute Gasteiger partial charge is 0.322 e. The van der Waals surface area contributed by atoms with Crippen LogP contribution in [-0.2, 0) is 9.53 Å². The molecule has 0 spiro atoms. The molecule has 4 nitrogen and oxygen atoms in total. The minimum absolute atomic E-state index is 0.0187. The maximum atomic E-state index is 11.9. The minimum atomic E-state index is -0.294. The van der Waals surface area contributed by atoms with Gasteiger partial charge in [-0.15, -0.1) is 11.3 Å². The number of nitrogens with zero attached hydrogens (tertiary/aromatic N) is 1. The van der Waals surface area contributed by atoms with Gasteiger partial charge in [-0.2, -0.15) is 0 Å². The van der Waals surface area contributed by atoms with Crippen LogP contribution in [0.5, 0.6) is 0 Å². The van der Waals surface area contributed by atoms with Gasteiger partial charge < -0.3 is 4.74 Å². The van der Waals surface area contributed by atoms with Gasteiger partial charge in [-0.25, -0.2) is 4.98 Å². The molecule has 1 N–H and O–H groups in total. The van der Waals surface area contributed by atoms with E-state index < -0.39 is 0 Å². The zero-order valence-corrected chi connectivity index (χ0v) is 13.7. The van der Waals surface area contributed by atoms with Crippen LogP contribution in [0.15, 0.2) is 24.3 Å². The molecule has 1 heterocycles. The molecule has 5 heteroatoms. The highest BCUT2D eigenvalue weighted by atomic mass is 32.1. The number of ether oxygens (including phenoxy) is 1. The van der Waals surface area contributed by atoms with E-state index >= 15 is 0 Å². The third-order valence-corrected chi connectivity index (χ3v) is 4.54. The van der Waals surface area contributed by atoms with E-state index in [1.54, 1.807) is 11.3 Å². The lowest BCUT2D eigenvalue weighted by molar-refractivity contribution is -0.143. The summed E-state index contributed by atoms with van der Waals surface area (Å²) in [5.41, 5.74) is 1.00. The monoisotopic (exact) mass is 306 g/mol. The number of hydrogen-bond acceptors (Lipinski definition) is 5. The van der Waals surface area contributed by atoms with Crippen LogP contribution in [0.3, 0.4) is 0 Å². The number of aromatic nitrogens is 1. The van der Waals surface area contributed by atoms with Crippen LogP contribution < -0.4 is 5.32 Å². The second-order valence-electron chi connectivity index (χ2n) is 5.61. The number of thiazole rings is 1. The molecule has 21 heavy (non-hydrogen) atoms. The fourth-order valence-electron chi connectivity index (χ4n) is 2.29. The lowest BCUT2D eigenvalue weighted by Crippen LogP contribution is -2.40. The van der Waals surface area contributed by atoms with Crippen molar-refractivity contribution < 1.29 is 9.53 Å². The van der Waals surface area contributed by atoms with Crippen LogP contribution in [0.1, 0.15) is 38.2 Å². The molecule has 0 saturated carbocycles. The summed E-state index contributed by atoms with van der Waals surface area (Å²) in [4.78, 5) is 16.5. The fourth-order valence-corrected chi connectivity index (χ4v) is 3.27. The number of para-hydroxylation sites is 1. The number of hydrogen-bond donors (Lipinski definition) is 1. The Morgan fingerprint density at radius 3 is 2.67 bits per heavy atom. The summed E-state index contributed by atoms with van der Waals surface area (Å²) in [6, 6.07) is 7.80. The topological polar surface area (TPSA) is 51.2 Å².